The van der Waals surface area contributed by atoms with E-state index in [1.165, 1.54) is 5.69 Å². The van der Waals surface area contributed by atoms with E-state index in [-0.39, 0.29) is 5.92 Å². The van der Waals surface area contributed by atoms with Crippen LogP contribution >= 0.6 is 0 Å². The minimum Gasteiger partial charge on any atom is -0.481 e. The Bertz CT molecular complexity index is 440. The number of carboxylic acids is 1. The van der Waals surface area contributed by atoms with Crippen LogP contribution in [-0.4, -0.2) is 33.8 Å². The number of fused-ring (bicyclic) bond motifs is 1. The minimum absolute atomic E-state index is 0.271. The first-order chi connectivity index (χ1) is 8.63. The lowest BCUT2D eigenvalue weighted by Gasteiger charge is -2.18. The largest absolute Gasteiger partial charge is 0.481 e. The van der Waals surface area contributed by atoms with Gasteiger partial charge in [0.1, 0.15) is 5.82 Å². The third kappa shape index (κ3) is 2.56. The van der Waals surface area contributed by atoms with Crippen molar-refractivity contribution in [1.82, 2.24) is 9.55 Å². The van der Waals surface area contributed by atoms with E-state index in [2.05, 4.69) is 9.55 Å². The predicted molar refractivity (Wildman–Crippen MR) is 66.6 cm³/mol. The molecule has 1 heterocycles. The lowest BCUT2D eigenvalue weighted by atomic mass is 9.90. The third-order valence-electron chi connectivity index (χ3n) is 3.58. The van der Waals surface area contributed by atoms with Gasteiger partial charge in [-0.3, -0.25) is 4.79 Å². The maximum absolute atomic E-state index is 11.0. The molecule has 1 aromatic heterocycles. The summed E-state index contributed by atoms with van der Waals surface area (Å²) in [6.45, 7) is 3.36. The maximum atomic E-state index is 11.0. The van der Waals surface area contributed by atoms with E-state index in [1.54, 1.807) is 0 Å². The van der Waals surface area contributed by atoms with Gasteiger partial charge in [-0.2, -0.15) is 0 Å². The van der Waals surface area contributed by atoms with Crippen molar-refractivity contribution in [3.8, 4) is 0 Å². The fourth-order valence-electron chi connectivity index (χ4n) is 2.51. The van der Waals surface area contributed by atoms with Gasteiger partial charge in [0.2, 0.25) is 0 Å². The molecule has 0 spiro atoms. The second kappa shape index (κ2) is 5.52. The summed E-state index contributed by atoms with van der Waals surface area (Å²) in [5, 5.41) is 9.06. The Morgan fingerprint density at radius 3 is 3.06 bits per heavy atom. The van der Waals surface area contributed by atoms with E-state index >= 15 is 0 Å². The number of aromatic nitrogens is 2. The van der Waals surface area contributed by atoms with Gasteiger partial charge in [0.15, 0.2) is 0 Å². The second-order valence-corrected chi connectivity index (χ2v) is 4.71. The van der Waals surface area contributed by atoms with Gasteiger partial charge in [-0.15, -0.1) is 0 Å². The van der Waals surface area contributed by atoms with E-state index in [0.29, 0.717) is 26.1 Å². The number of hydrogen-bond acceptors (Lipinski definition) is 3. The molecule has 1 atom stereocenters. The summed E-state index contributed by atoms with van der Waals surface area (Å²) in [7, 11) is 2.01. The summed E-state index contributed by atoms with van der Waals surface area (Å²) < 4.78 is 7.44. The highest BCUT2D eigenvalue weighted by Crippen LogP contribution is 2.26. The average Bonchev–Trinajstić information content (AvgIpc) is 2.66. The number of ether oxygens (including phenoxy) is 1. The molecule has 0 fully saturated rings. The van der Waals surface area contributed by atoms with Crippen LogP contribution in [0.25, 0.3) is 0 Å². The van der Waals surface area contributed by atoms with Crippen molar-refractivity contribution in [2.45, 2.75) is 32.6 Å². The summed E-state index contributed by atoms with van der Waals surface area (Å²) in [4.78, 5) is 15.6. The lowest BCUT2D eigenvalue weighted by Crippen LogP contribution is -2.22. The molecule has 18 heavy (non-hydrogen) atoms. The molecule has 1 unspecified atom stereocenters. The summed E-state index contributed by atoms with van der Waals surface area (Å²) in [5.74, 6) is 0.0220. The summed E-state index contributed by atoms with van der Waals surface area (Å²) in [5.41, 5.74) is 2.15. The second-order valence-electron chi connectivity index (χ2n) is 4.71. The molecule has 0 radical (unpaired) electrons. The monoisotopic (exact) mass is 252 g/mol. The first-order valence-corrected chi connectivity index (χ1v) is 6.47. The molecule has 0 amide bonds. The van der Waals surface area contributed by atoms with Crippen LogP contribution in [0.1, 0.15) is 30.6 Å². The van der Waals surface area contributed by atoms with E-state index < -0.39 is 5.97 Å². The van der Waals surface area contributed by atoms with Crippen LogP contribution in [0.4, 0.5) is 0 Å². The molecular formula is C13H20N2O3. The number of carboxylic acid groups (broad SMARTS) is 1. The molecule has 1 aliphatic rings. The van der Waals surface area contributed by atoms with Gasteiger partial charge in [-0.1, -0.05) is 0 Å². The molecule has 5 heteroatoms. The molecule has 100 valence electrons. The Kier molecular flexibility index (Phi) is 4.01. The zero-order chi connectivity index (χ0) is 13.1. The fraction of sp³-hybridized carbons (Fsp3) is 0.692. The first-order valence-electron chi connectivity index (χ1n) is 6.47. The maximum Gasteiger partial charge on any atom is 0.306 e. The number of hydrogen-bond donors (Lipinski definition) is 1. The van der Waals surface area contributed by atoms with Crippen LogP contribution in [0, 0.1) is 5.92 Å². The summed E-state index contributed by atoms with van der Waals surface area (Å²) >= 11 is 0. The van der Waals surface area contributed by atoms with Crippen LogP contribution in [0.3, 0.4) is 0 Å². The molecular weight excluding hydrogens is 232 g/mol. The summed E-state index contributed by atoms with van der Waals surface area (Å²) in [6, 6.07) is 0. The van der Waals surface area contributed by atoms with E-state index in [4.69, 9.17) is 9.84 Å². The van der Waals surface area contributed by atoms with E-state index in [1.807, 2.05) is 14.0 Å². The predicted octanol–water partition coefficient (Wildman–Crippen LogP) is 1.19. The van der Waals surface area contributed by atoms with Crippen LogP contribution in [0.5, 0.6) is 0 Å². The highest BCUT2D eigenvalue weighted by Gasteiger charge is 2.28. The molecule has 2 rings (SSSR count). The molecule has 0 bridgehead atoms. The standard InChI is InChI=1S/C13H20N2O3/c1-3-18-7-6-12-14-10-8-9(13(16)17)4-5-11(10)15(12)2/h9H,3-8H2,1-2H3,(H,16,17). The van der Waals surface area contributed by atoms with E-state index in [0.717, 1.165) is 24.4 Å². The zero-order valence-electron chi connectivity index (χ0n) is 11.0. The molecule has 0 aromatic carbocycles. The Morgan fingerprint density at radius 1 is 1.61 bits per heavy atom. The first kappa shape index (κ1) is 13.1. The Hall–Kier alpha value is -1.36. The molecule has 1 N–H and O–H groups in total. The Morgan fingerprint density at radius 2 is 2.39 bits per heavy atom. The Labute approximate surface area is 107 Å². The number of aliphatic carboxylic acids is 1. The van der Waals surface area contributed by atoms with Crippen LogP contribution in [0.15, 0.2) is 0 Å². The SMILES string of the molecule is CCOCCc1nc2c(n1C)CCC(C(=O)O)C2. The molecule has 5 nitrogen and oxygen atoms in total. The van der Waals surface area contributed by atoms with Crippen LogP contribution in [-0.2, 0) is 35.8 Å². The average molecular weight is 252 g/mol. The van der Waals surface area contributed by atoms with E-state index in [9.17, 15) is 4.79 Å². The number of rotatable bonds is 5. The lowest BCUT2D eigenvalue weighted by molar-refractivity contribution is -0.142. The smallest absolute Gasteiger partial charge is 0.306 e. The van der Waals surface area contributed by atoms with Crippen molar-refractivity contribution in [2.24, 2.45) is 13.0 Å². The van der Waals surface area contributed by atoms with Gasteiger partial charge in [0, 0.05) is 32.2 Å². The van der Waals surface area contributed by atoms with Crippen molar-refractivity contribution in [2.75, 3.05) is 13.2 Å². The van der Waals surface area contributed by atoms with Crippen molar-refractivity contribution in [1.29, 1.82) is 0 Å². The van der Waals surface area contributed by atoms with Gasteiger partial charge >= 0.3 is 5.97 Å². The van der Waals surface area contributed by atoms with Gasteiger partial charge in [0.25, 0.3) is 0 Å². The van der Waals surface area contributed by atoms with Crippen molar-refractivity contribution in [3.63, 3.8) is 0 Å². The Balaban J connectivity index is 2.10. The van der Waals surface area contributed by atoms with Gasteiger partial charge < -0.3 is 14.4 Å². The zero-order valence-corrected chi connectivity index (χ0v) is 11.0. The van der Waals surface area contributed by atoms with Crippen molar-refractivity contribution in [3.05, 3.63) is 17.2 Å². The van der Waals surface area contributed by atoms with Crippen LogP contribution in [0.2, 0.25) is 0 Å². The molecule has 1 aliphatic carbocycles. The fourth-order valence-corrected chi connectivity index (χ4v) is 2.51. The molecule has 0 saturated heterocycles. The van der Waals surface area contributed by atoms with Gasteiger partial charge in [0.05, 0.1) is 18.2 Å². The van der Waals surface area contributed by atoms with Gasteiger partial charge in [-0.05, 0) is 19.8 Å². The molecule has 0 saturated carbocycles. The highest BCUT2D eigenvalue weighted by molar-refractivity contribution is 5.70. The quantitative estimate of drug-likeness (QED) is 0.799. The van der Waals surface area contributed by atoms with Crippen molar-refractivity contribution >= 4 is 5.97 Å². The topological polar surface area (TPSA) is 64.4 Å². The number of nitrogens with zero attached hydrogens (tertiary/aromatic N) is 2. The van der Waals surface area contributed by atoms with Crippen LogP contribution < -0.4 is 0 Å². The third-order valence-corrected chi connectivity index (χ3v) is 3.58. The minimum atomic E-state index is -0.706. The van der Waals surface area contributed by atoms with Gasteiger partial charge in [-0.25, -0.2) is 4.98 Å². The summed E-state index contributed by atoms with van der Waals surface area (Å²) in [6.07, 6.45) is 2.87. The molecule has 1 aromatic rings. The van der Waals surface area contributed by atoms with Crippen molar-refractivity contribution < 1.29 is 14.6 Å². The molecule has 0 aliphatic heterocycles. The highest BCUT2D eigenvalue weighted by atomic mass is 16.5. The number of carbonyl (C=O) groups is 1. The normalized spacial score (nSPS) is 18.7. The number of imidazole rings is 1.